The van der Waals surface area contributed by atoms with Crippen molar-refractivity contribution in [3.05, 3.63) is 52.5 Å². The summed E-state index contributed by atoms with van der Waals surface area (Å²) in [6.07, 6.45) is 1.23. The standard InChI is InChI=1S/C18H18ClN3/c1-12(2)6-7-13-8-17(21)14(11-20)9-18(13)22-16-5-3-4-15(19)10-16/h3-5,8-12,20,22H,21H2,1-2H3. The van der Waals surface area contributed by atoms with Crippen LogP contribution in [-0.2, 0) is 0 Å². The second-order valence-corrected chi connectivity index (χ2v) is 5.67. The SMILES string of the molecule is CC(C)C#Cc1cc(N)c(C=N)cc1Nc1cccc(Cl)c1. The van der Waals surface area contributed by atoms with Crippen molar-refractivity contribution in [2.45, 2.75) is 13.8 Å². The van der Waals surface area contributed by atoms with Crippen LogP contribution < -0.4 is 11.1 Å². The molecule has 4 N–H and O–H groups in total. The smallest absolute Gasteiger partial charge is 0.0551 e. The fourth-order valence-corrected chi connectivity index (χ4v) is 2.10. The number of anilines is 3. The molecule has 2 rings (SSSR count). The van der Waals surface area contributed by atoms with Gasteiger partial charge in [-0.25, -0.2) is 0 Å². The van der Waals surface area contributed by atoms with Crippen LogP contribution in [-0.4, -0.2) is 6.21 Å². The van der Waals surface area contributed by atoms with Gasteiger partial charge in [0.25, 0.3) is 0 Å². The number of benzene rings is 2. The van der Waals surface area contributed by atoms with E-state index in [1.807, 2.05) is 44.2 Å². The first-order valence-corrected chi connectivity index (χ1v) is 7.35. The van der Waals surface area contributed by atoms with Gasteiger partial charge in [-0.05, 0) is 30.3 Å². The molecule has 0 radical (unpaired) electrons. The van der Waals surface area contributed by atoms with Crippen LogP contribution in [0.4, 0.5) is 17.1 Å². The molecule has 0 heterocycles. The summed E-state index contributed by atoms with van der Waals surface area (Å²) < 4.78 is 0. The molecule has 0 saturated heterocycles. The predicted molar refractivity (Wildman–Crippen MR) is 95.2 cm³/mol. The van der Waals surface area contributed by atoms with Crippen molar-refractivity contribution < 1.29 is 0 Å². The van der Waals surface area contributed by atoms with Crippen LogP contribution in [0.15, 0.2) is 36.4 Å². The van der Waals surface area contributed by atoms with Crippen LogP contribution in [0, 0.1) is 23.2 Å². The van der Waals surface area contributed by atoms with Gasteiger partial charge < -0.3 is 16.5 Å². The predicted octanol–water partition coefficient (Wildman–Crippen LogP) is 4.67. The number of hydrogen-bond donors (Lipinski definition) is 3. The molecule has 0 aliphatic carbocycles. The number of nitrogens with two attached hydrogens (primary N) is 1. The molecule has 0 amide bonds. The van der Waals surface area contributed by atoms with Gasteiger partial charge in [-0.15, -0.1) is 0 Å². The van der Waals surface area contributed by atoms with Crippen molar-refractivity contribution in [2.75, 3.05) is 11.1 Å². The number of hydrogen-bond acceptors (Lipinski definition) is 3. The largest absolute Gasteiger partial charge is 0.398 e. The van der Waals surface area contributed by atoms with Gasteiger partial charge in [-0.1, -0.05) is 43.4 Å². The third kappa shape index (κ3) is 4.03. The number of nitrogen functional groups attached to an aromatic ring is 1. The minimum Gasteiger partial charge on any atom is -0.398 e. The zero-order valence-corrected chi connectivity index (χ0v) is 13.3. The molecule has 0 unspecified atom stereocenters. The molecule has 0 aliphatic heterocycles. The molecule has 0 aliphatic rings. The molecule has 0 saturated carbocycles. The molecule has 4 heteroatoms. The summed E-state index contributed by atoms with van der Waals surface area (Å²) in [5.41, 5.74) is 9.62. The molecule has 112 valence electrons. The molecule has 0 bridgehead atoms. The highest BCUT2D eigenvalue weighted by Crippen LogP contribution is 2.26. The highest BCUT2D eigenvalue weighted by Gasteiger charge is 2.06. The van der Waals surface area contributed by atoms with Crippen molar-refractivity contribution in [1.82, 2.24) is 0 Å². The zero-order chi connectivity index (χ0) is 16.1. The van der Waals surface area contributed by atoms with E-state index in [4.69, 9.17) is 22.7 Å². The van der Waals surface area contributed by atoms with Crippen LogP contribution in [0.3, 0.4) is 0 Å². The van der Waals surface area contributed by atoms with Crippen LogP contribution >= 0.6 is 11.6 Å². The summed E-state index contributed by atoms with van der Waals surface area (Å²) in [7, 11) is 0. The highest BCUT2D eigenvalue weighted by molar-refractivity contribution is 6.30. The molecule has 0 aromatic heterocycles. The molecule has 22 heavy (non-hydrogen) atoms. The third-order valence-corrected chi connectivity index (χ3v) is 3.21. The lowest BCUT2D eigenvalue weighted by atomic mass is 10.1. The first-order valence-electron chi connectivity index (χ1n) is 6.97. The lowest BCUT2D eigenvalue weighted by Crippen LogP contribution is -2.00. The average molecular weight is 312 g/mol. The maximum atomic E-state index is 7.45. The monoisotopic (exact) mass is 311 g/mol. The fourth-order valence-electron chi connectivity index (χ4n) is 1.91. The van der Waals surface area contributed by atoms with E-state index in [2.05, 4.69) is 17.2 Å². The van der Waals surface area contributed by atoms with E-state index in [1.165, 1.54) is 6.21 Å². The minimum atomic E-state index is 0.266. The van der Waals surface area contributed by atoms with Gasteiger partial charge in [0.1, 0.15) is 0 Å². The number of nitrogens with one attached hydrogen (secondary N) is 2. The molecule has 0 fully saturated rings. The average Bonchev–Trinajstić information content (AvgIpc) is 2.47. The first kappa shape index (κ1) is 15.9. The van der Waals surface area contributed by atoms with Crippen LogP contribution in [0.2, 0.25) is 5.02 Å². The van der Waals surface area contributed by atoms with Crippen molar-refractivity contribution in [3.63, 3.8) is 0 Å². The van der Waals surface area contributed by atoms with Crippen LogP contribution in [0.1, 0.15) is 25.0 Å². The third-order valence-electron chi connectivity index (χ3n) is 2.98. The summed E-state index contributed by atoms with van der Waals surface area (Å²) in [6, 6.07) is 11.1. The molecule has 2 aromatic carbocycles. The van der Waals surface area contributed by atoms with Crippen molar-refractivity contribution >= 4 is 34.9 Å². The van der Waals surface area contributed by atoms with E-state index in [0.717, 1.165) is 16.9 Å². The van der Waals surface area contributed by atoms with Crippen molar-refractivity contribution in [3.8, 4) is 11.8 Å². The lowest BCUT2D eigenvalue weighted by molar-refractivity contribution is 0.866. The molecule has 3 nitrogen and oxygen atoms in total. The lowest BCUT2D eigenvalue weighted by Gasteiger charge is -2.12. The summed E-state index contributed by atoms with van der Waals surface area (Å²) in [6.45, 7) is 4.07. The normalized spacial score (nSPS) is 10.0. The Kier molecular flexibility index (Phi) is 5.08. The quantitative estimate of drug-likeness (QED) is 0.438. The second-order valence-electron chi connectivity index (χ2n) is 5.23. The summed E-state index contributed by atoms with van der Waals surface area (Å²) in [5, 5.41) is 11.4. The number of halogens is 1. The minimum absolute atomic E-state index is 0.266. The van der Waals surface area contributed by atoms with Gasteiger partial charge in [0.2, 0.25) is 0 Å². The van der Waals surface area contributed by atoms with Gasteiger partial charge >= 0.3 is 0 Å². The Morgan fingerprint density at radius 3 is 2.68 bits per heavy atom. The second kappa shape index (κ2) is 7.02. The van der Waals surface area contributed by atoms with Crippen molar-refractivity contribution in [2.24, 2.45) is 5.92 Å². The highest BCUT2D eigenvalue weighted by atomic mass is 35.5. The molecule has 2 aromatic rings. The Morgan fingerprint density at radius 2 is 2.05 bits per heavy atom. The Morgan fingerprint density at radius 1 is 1.27 bits per heavy atom. The van der Waals surface area contributed by atoms with Gasteiger partial charge in [-0.2, -0.15) is 0 Å². The van der Waals surface area contributed by atoms with E-state index in [1.54, 1.807) is 6.07 Å². The van der Waals surface area contributed by atoms with Gasteiger partial charge in [0.15, 0.2) is 0 Å². The van der Waals surface area contributed by atoms with Gasteiger partial charge in [0, 0.05) is 34.1 Å². The Hall–Kier alpha value is -2.44. The Labute approximate surface area is 136 Å². The molecule has 0 atom stereocenters. The number of rotatable bonds is 3. The van der Waals surface area contributed by atoms with Crippen molar-refractivity contribution in [1.29, 1.82) is 5.41 Å². The maximum Gasteiger partial charge on any atom is 0.0551 e. The maximum absolute atomic E-state index is 7.45. The van der Waals surface area contributed by atoms with E-state index >= 15 is 0 Å². The molecule has 0 spiro atoms. The van der Waals surface area contributed by atoms with E-state index in [9.17, 15) is 0 Å². The molecular formula is C18H18ClN3. The molecular weight excluding hydrogens is 294 g/mol. The Balaban J connectivity index is 2.47. The van der Waals surface area contributed by atoms with Crippen LogP contribution in [0.25, 0.3) is 0 Å². The first-order chi connectivity index (χ1) is 10.5. The van der Waals surface area contributed by atoms with Crippen LogP contribution in [0.5, 0.6) is 0 Å². The summed E-state index contributed by atoms with van der Waals surface area (Å²) >= 11 is 6.01. The Bertz CT molecular complexity index is 755. The van der Waals surface area contributed by atoms with E-state index < -0.39 is 0 Å². The summed E-state index contributed by atoms with van der Waals surface area (Å²) in [4.78, 5) is 0. The van der Waals surface area contributed by atoms with Gasteiger partial charge in [0.05, 0.1) is 11.3 Å². The summed E-state index contributed by atoms with van der Waals surface area (Å²) in [5.74, 6) is 6.54. The fraction of sp³-hybridized carbons (Fsp3) is 0.167. The van der Waals surface area contributed by atoms with Gasteiger partial charge in [-0.3, -0.25) is 0 Å². The zero-order valence-electron chi connectivity index (χ0n) is 12.6. The van der Waals surface area contributed by atoms with E-state index in [-0.39, 0.29) is 5.92 Å². The topological polar surface area (TPSA) is 61.9 Å². The van der Waals surface area contributed by atoms with E-state index in [0.29, 0.717) is 16.3 Å².